The van der Waals surface area contributed by atoms with E-state index >= 15 is 0 Å². The number of rotatable bonds is 5. The fourth-order valence-corrected chi connectivity index (χ4v) is 3.11. The summed E-state index contributed by atoms with van der Waals surface area (Å²) in [6.45, 7) is 1.89. The highest BCUT2D eigenvalue weighted by atomic mass is 79.9. The van der Waals surface area contributed by atoms with E-state index in [1.807, 2.05) is 31.2 Å². The lowest BCUT2D eigenvalue weighted by Crippen LogP contribution is -2.14. The molecule has 5 nitrogen and oxygen atoms in total. The van der Waals surface area contributed by atoms with Gasteiger partial charge in [0.1, 0.15) is 0 Å². The Kier molecular flexibility index (Phi) is 5.78. The summed E-state index contributed by atoms with van der Waals surface area (Å²) in [5.41, 5.74) is 2.46. The van der Waals surface area contributed by atoms with Gasteiger partial charge in [0.25, 0.3) is 5.22 Å². The van der Waals surface area contributed by atoms with Crippen LogP contribution in [0.15, 0.2) is 56.6 Å². The number of anilines is 1. The van der Waals surface area contributed by atoms with Gasteiger partial charge in [-0.3, -0.25) is 4.79 Å². The molecule has 2 aromatic carbocycles. The summed E-state index contributed by atoms with van der Waals surface area (Å²) in [5, 5.41) is 11.8. The molecule has 0 fully saturated rings. The van der Waals surface area contributed by atoms with Crippen LogP contribution >= 0.6 is 39.3 Å². The molecule has 0 unspecified atom stereocenters. The molecule has 128 valence electrons. The van der Waals surface area contributed by atoms with E-state index in [1.54, 1.807) is 18.2 Å². The quantitative estimate of drug-likeness (QED) is 0.555. The number of benzene rings is 2. The van der Waals surface area contributed by atoms with E-state index in [1.165, 1.54) is 11.8 Å². The molecule has 0 saturated carbocycles. The van der Waals surface area contributed by atoms with Crippen LogP contribution in [0.3, 0.4) is 0 Å². The summed E-state index contributed by atoms with van der Waals surface area (Å²) in [7, 11) is 0. The highest BCUT2D eigenvalue weighted by molar-refractivity contribution is 9.10. The maximum atomic E-state index is 12.1. The molecule has 1 N–H and O–H groups in total. The van der Waals surface area contributed by atoms with Gasteiger partial charge in [0.05, 0.1) is 5.75 Å². The van der Waals surface area contributed by atoms with Crippen molar-refractivity contribution in [2.75, 3.05) is 11.1 Å². The molecule has 25 heavy (non-hydrogen) atoms. The predicted molar refractivity (Wildman–Crippen MR) is 103 cm³/mol. The molecule has 0 bridgehead atoms. The Bertz CT molecular complexity index is 899. The lowest BCUT2D eigenvalue weighted by molar-refractivity contribution is -0.113. The van der Waals surface area contributed by atoms with E-state index in [9.17, 15) is 4.79 Å². The van der Waals surface area contributed by atoms with Crippen molar-refractivity contribution in [1.29, 1.82) is 0 Å². The number of halogens is 2. The molecule has 0 aliphatic heterocycles. The fraction of sp³-hybridized carbons (Fsp3) is 0.118. The number of carbonyl (C=O) groups excluding carboxylic acids is 1. The maximum absolute atomic E-state index is 12.1. The second kappa shape index (κ2) is 8.03. The van der Waals surface area contributed by atoms with Crippen molar-refractivity contribution in [1.82, 2.24) is 10.2 Å². The zero-order valence-corrected chi connectivity index (χ0v) is 16.3. The summed E-state index contributed by atoms with van der Waals surface area (Å²) < 4.78 is 6.55. The molecule has 0 radical (unpaired) electrons. The number of hydrogen-bond donors (Lipinski definition) is 1. The van der Waals surface area contributed by atoms with Crippen molar-refractivity contribution in [3.63, 3.8) is 0 Å². The van der Waals surface area contributed by atoms with E-state index in [2.05, 4.69) is 31.4 Å². The van der Waals surface area contributed by atoms with Crippen LogP contribution < -0.4 is 5.32 Å². The lowest BCUT2D eigenvalue weighted by Gasteiger charge is -2.07. The highest BCUT2D eigenvalue weighted by Gasteiger charge is 2.12. The first kappa shape index (κ1) is 18.0. The Hall–Kier alpha value is -1.83. The van der Waals surface area contributed by atoms with E-state index < -0.39 is 0 Å². The van der Waals surface area contributed by atoms with Crippen molar-refractivity contribution < 1.29 is 9.21 Å². The third-order valence-electron chi connectivity index (χ3n) is 3.29. The number of aromatic nitrogens is 2. The Morgan fingerprint density at radius 2 is 2.00 bits per heavy atom. The van der Waals surface area contributed by atoms with Crippen molar-refractivity contribution in [2.24, 2.45) is 0 Å². The number of amides is 1. The van der Waals surface area contributed by atoms with Gasteiger partial charge < -0.3 is 9.73 Å². The van der Waals surface area contributed by atoms with E-state index in [4.69, 9.17) is 16.0 Å². The summed E-state index contributed by atoms with van der Waals surface area (Å²) in [5.74, 6) is 0.437. The highest BCUT2D eigenvalue weighted by Crippen LogP contribution is 2.25. The minimum Gasteiger partial charge on any atom is -0.411 e. The Labute approximate surface area is 162 Å². The topological polar surface area (TPSA) is 68.0 Å². The number of thioether (sulfide) groups is 1. The standard InChI is InChI=1S/C17H13BrClN3O2S/c1-10-8-13(19)6-7-14(10)20-15(23)9-25-17-22-21-16(24-17)11-2-4-12(18)5-3-11/h2-8H,9H2,1H3,(H,20,23). The number of carbonyl (C=O) groups is 1. The van der Waals surface area contributed by atoms with Gasteiger partial charge in [-0.05, 0) is 55.0 Å². The zero-order chi connectivity index (χ0) is 17.8. The molecule has 8 heteroatoms. The van der Waals surface area contributed by atoms with Crippen molar-refractivity contribution >= 4 is 50.9 Å². The molecule has 1 aromatic heterocycles. The van der Waals surface area contributed by atoms with Gasteiger partial charge in [0.15, 0.2) is 0 Å². The molecule has 1 amide bonds. The monoisotopic (exact) mass is 437 g/mol. The molecular formula is C17H13BrClN3O2S. The van der Waals surface area contributed by atoms with Crippen LogP contribution in [0.5, 0.6) is 0 Å². The molecule has 1 heterocycles. The molecule has 3 aromatic rings. The maximum Gasteiger partial charge on any atom is 0.277 e. The van der Waals surface area contributed by atoms with E-state index in [0.717, 1.165) is 21.3 Å². The second-order valence-corrected chi connectivity index (χ2v) is 7.45. The SMILES string of the molecule is Cc1cc(Cl)ccc1NC(=O)CSc1nnc(-c2ccc(Br)cc2)o1. The Balaban J connectivity index is 1.58. The Morgan fingerprint density at radius 3 is 2.72 bits per heavy atom. The van der Waals surface area contributed by atoms with Gasteiger partial charge in [0, 0.05) is 20.7 Å². The van der Waals surface area contributed by atoms with Gasteiger partial charge in [-0.25, -0.2) is 0 Å². The van der Waals surface area contributed by atoms with Gasteiger partial charge in [-0.2, -0.15) is 0 Å². The minimum absolute atomic E-state index is 0.154. The Morgan fingerprint density at radius 1 is 1.24 bits per heavy atom. The summed E-state index contributed by atoms with van der Waals surface area (Å²) >= 11 is 10.5. The van der Waals surface area contributed by atoms with Gasteiger partial charge >= 0.3 is 0 Å². The smallest absolute Gasteiger partial charge is 0.277 e. The molecule has 0 atom stereocenters. The van der Waals surface area contributed by atoms with E-state index in [-0.39, 0.29) is 11.7 Å². The average Bonchev–Trinajstić information content (AvgIpc) is 3.05. The van der Waals surface area contributed by atoms with Crippen molar-refractivity contribution in [3.05, 3.63) is 57.5 Å². The molecule has 0 spiro atoms. The first-order valence-electron chi connectivity index (χ1n) is 7.29. The number of nitrogens with one attached hydrogen (secondary N) is 1. The normalized spacial score (nSPS) is 10.7. The summed E-state index contributed by atoms with van der Waals surface area (Å²) in [6, 6.07) is 12.9. The van der Waals surface area contributed by atoms with Gasteiger partial charge in [0.2, 0.25) is 11.8 Å². The number of aryl methyl sites for hydroxylation is 1. The largest absolute Gasteiger partial charge is 0.411 e. The van der Waals surface area contributed by atoms with Crippen LogP contribution in [0.4, 0.5) is 5.69 Å². The summed E-state index contributed by atoms with van der Waals surface area (Å²) in [6.07, 6.45) is 0. The average molecular weight is 439 g/mol. The first-order valence-corrected chi connectivity index (χ1v) is 9.45. The van der Waals surface area contributed by atoms with Crippen LogP contribution in [0.25, 0.3) is 11.5 Å². The molecule has 0 aliphatic carbocycles. The number of nitrogens with zero attached hydrogens (tertiary/aromatic N) is 2. The molecular weight excluding hydrogens is 426 g/mol. The first-order chi connectivity index (χ1) is 12.0. The molecule has 0 aliphatic rings. The molecule has 3 rings (SSSR count). The zero-order valence-electron chi connectivity index (χ0n) is 13.1. The minimum atomic E-state index is -0.154. The number of hydrogen-bond acceptors (Lipinski definition) is 5. The van der Waals surface area contributed by atoms with Crippen LogP contribution in [0.2, 0.25) is 5.02 Å². The van der Waals surface area contributed by atoms with Gasteiger partial charge in [-0.1, -0.05) is 39.3 Å². The second-order valence-electron chi connectivity index (χ2n) is 5.18. The van der Waals surface area contributed by atoms with Crippen LogP contribution in [-0.2, 0) is 4.79 Å². The lowest BCUT2D eigenvalue weighted by atomic mass is 10.2. The third kappa shape index (κ3) is 4.84. The van der Waals surface area contributed by atoms with Crippen LogP contribution in [-0.4, -0.2) is 21.9 Å². The van der Waals surface area contributed by atoms with Crippen LogP contribution in [0.1, 0.15) is 5.56 Å². The molecule has 0 saturated heterocycles. The van der Waals surface area contributed by atoms with Crippen molar-refractivity contribution in [2.45, 2.75) is 12.1 Å². The summed E-state index contributed by atoms with van der Waals surface area (Å²) in [4.78, 5) is 12.1. The van der Waals surface area contributed by atoms with Crippen LogP contribution in [0, 0.1) is 6.92 Å². The fourth-order valence-electron chi connectivity index (χ4n) is 2.06. The predicted octanol–water partition coefficient (Wildman–Crippen LogP) is 5.19. The van der Waals surface area contributed by atoms with Gasteiger partial charge in [-0.15, -0.1) is 10.2 Å². The van der Waals surface area contributed by atoms with E-state index in [0.29, 0.717) is 16.1 Å². The third-order valence-corrected chi connectivity index (χ3v) is 4.87. The van der Waals surface area contributed by atoms with Crippen molar-refractivity contribution in [3.8, 4) is 11.5 Å².